The molecule has 4 aromatic heterocycles. The van der Waals surface area contributed by atoms with E-state index in [1.807, 2.05) is 54.9 Å². The summed E-state index contributed by atoms with van der Waals surface area (Å²) in [6.45, 7) is 0. The van der Waals surface area contributed by atoms with E-state index < -0.39 is 0 Å². The van der Waals surface area contributed by atoms with E-state index in [-0.39, 0.29) is 0 Å². The van der Waals surface area contributed by atoms with Gasteiger partial charge in [-0.15, -0.1) is 0 Å². The molecule has 5 aromatic carbocycles. The van der Waals surface area contributed by atoms with Gasteiger partial charge in [-0.2, -0.15) is 0 Å². The van der Waals surface area contributed by atoms with Crippen molar-refractivity contribution in [3.63, 3.8) is 0 Å². The molecule has 0 saturated carbocycles. The van der Waals surface area contributed by atoms with Gasteiger partial charge in [0.1, 0.15) is 5.70 Å². The van der Waals surface area contributed by atoms with Crippen molar-refractivity contribution in [2.75, 3.05) is 10.0 Å². The van der Waals surface area contributed by atoms with Gasteiger partial charge in [-0.05, 0) is 65.4 Å². The van der Waals surface area contributed by atoms with Gasteiger partial charge < -0.3 is 0 Å². The number of aromatic nitrogens is 5. The number of benzene rings is 5. The van der Waals surface area contributed by atoms with E-state index in [0.29, 0.717) is 5.82 Å². The molecule has 54 heavy (non-hydrogen) atoms. The lowest BCUT2D eigenvalue weighted by atomic mass is 9.88. The standard InChI is InChI=1S/C47H31N7/c1-2-18-35(19-3-1)53-46(47-50-29-13-30-51-47)42(39-23-10-11-28-48-39)43(44-37-21-8-5-15-33(37)27-31-49-44)45(40-26-25-34-16-6-9-22-38(34)52-40)54(53)41-24-12-17-32-14-4-7-20-36(32)41/h1-31H. The highest BCUT2D eigenvalue weighted by Gasteiger charge is 2.41. The van der Waals surface area contributed by atoms with E-state index in [1.165, 1.54) is 0 Å². The van der Waals surface area contributed by atoms with Crippen LogP contribution in [0.25, 0.3) is 55.0 Å². The van der Waals surface area contributed by atoms with Gasteiger partial charge in [-0.1, -0.05) is 109 Å². The Morgan fingerprint density at radius 1 is 0.370 bits per heavy atom. The van der Waals surface area contributed by atoms with Crippen LogP contribution >= 0.6 is 0 Å². The van der Waals surface area contributed by atoms with E-state index in [2.05, 4.69) is 131 Å². The molecule has 9 aromatic rings. The van der Waals surface area contributed by atoms with Crippen molar-refractivity contribution >= 4 is 66.4 Å². The zero-order chi connectivity index (χ0) is 35.8. The molecule has 0 amide bonds. The molecule has 0 spiro atoms. The summed E-state index contributed by atoms with van der Waals surface area (Å²) in [6.07, 6.45) is 7.29. The number of hydrogen-bond donors (Lipinski definition) is 0. The molecule has 1 aliphatic heterocycles. The summed E-state index contributed by atoms with van der Waals surface area (Å²) < 4.78 is 0. The SMILES string of the molecule is c1ccc(N2C(c3ncccn3)=C(c3ccccn3)C(c3nccc4ccccc34)=C(c3ccc4ccccc4n3)N2c2cccc3ccccc23)cc1. The Balaban J connectivity index is 1.47. The Morgan fingerprint density at radius 3 is 1.87 bits per heavy atom. The van der Waals surface area contributed by atoms with Crippen LogP contribution in [0, 0.1) is 0 Å². The van der Waals surface area contributed by atoms with Gasteiger partial charge in [-0.3, -0.25) is 9.97 Å². The average Bonchev–Trinajstić information content (AvgIpc) is 3.26. The van der Waals surface area contributed by atoms with Crippen LogP contribution in [0.3, 0.4) is 0 Å². The second-order valence-corrected chi connectivity index (χ2v) is 13.0. The Kier molecular flexibility index (Phi) is 7.66. The van der Waals surface area contributed by atoms with Crippen LogP contribution in [-0.4, -0.2) is 24.9 Å². The average molecular weight is 694 g/mol. The van der Waals surface area contributed by atoms with Crippen molar-refractivity contribution in [1.82, 2.24) is 24.9 Å². The minimum atomic E-state index is 0.538. The van der Waals surface area contributed by atoms with Gasteiger partial charge in [-0.25, -0.2) is 25.0 Å². The molecular formula is C47H31N7. The predicted molar refractivity (Wildman–Crippen MR) is 219 cm³/mol. The summed E-state index contributed by atoms with van der Waals surface area (Å²) in [6, 6.07) is 56.1. The van der Waals surface area contributed by atoms with Gasteiger partial charge in [0.25, 0.3) is 0 Å². The second-order valence-electron chi connectivity index (χ2n) is 13.0. The normalized spacial score (nSPS) is 13.3. The summed E-state index contributed by atoms with van der Waals surface area (Å²) in [5.41, 5.74) is 8.34. The van der Waals surface area contributed by atoms with Gasteiger partial charge in [0, 0.05) is 52.1 Å². The van der Waals surface area contributed by atoms with Crippen LogP contribution < -0.4 is 10.0 Å². The maximum absolute atomic E-state index is 5.44. The Hall–Kier alpha value is -7.51. The topological polar surface area (TPSA) is 70.9 Å². The number of rotatable bonds is 6. The lowest BCUT2D eigenvalue weighted by molar-refractivity contribution is 0.966. The van der Waals surface area contributed by atoms with E-state index in [1.54, 1.807) is 12.4 Å². The highest BCUT2D eigenvalue weighted by atomic mass is 15.6. The molecule has 7 nitrogen and oxygen atoms in total. The molecule has 1 aliphatic rings. The van der Waals surface area contributed by atoms with Crippen LogP contribution in [0.1, 0.15) is 22.9 Å². The smallest absolute Gasteiger partial charge is 0.178 e. The molecule has 0 atom stereocenters. The molecule has 0 unspecified atom stereocenters. The first-order valence-corrected chi connectivity index (χ1v) is 17.8. The molecule has 5 heterocycles. The summed E-state index contributed by atoms with van der Waals surface area (Å²) in [7, 11) is 0. The van der Waals surface area contributed by atoms with Crippen LogP contribution in [-0.2, 0) is 0 Å². The fourth-order valence-electron chi connectivity index (χ4n) is 7.46. The monoisotopic (exact) mass is 693 g/mol. The minimum Gasteiger partial charge on any atom is -0.256 e. The van der Waals surface area contributed by atoms with Crippen molar-refractivity contribution in [1.29, 1.82) is 0 Å². The van der Waals surface area contributed by atoms with Crippen molar-refractivity contribution in [3.8, 4) is 0 Å². The van der Waals surface area contributed by atoms with E-state index in [0.717, 1.165) is 83.4 Å². The van der Waals surface area contributed by atoms with Crippen molar-refractivity contribution in [2.45, 2.75) is 0 Å². The van der Waals surface area contributed by atoms with Crippen LogP contribution in [0.5, 0.6) is 0 Å². The Morgan fingerprint density at radius 2 is 1.06 bits per heavy atom. The van der Waals surface area contributed by atoms with E-state index in [4.69, 9.17) is 24.9 Å². The van der Waals surface area contributed by atoms with Crippen molar-refractivity contribution in [3.05, 3.63) is 211 Å². The Labute approximate surface area is 311 Å². The van der Waals surface area contributed by atoms with Gasteiger partial charge in [0.2, 0.25) is 0 Å². The third-order valence-electron chi connectivity index (χ3n) is 9.79. The van der Waals surface area contributed by atoms with Crippen molar-refractivity contribution in [2.24, 2.45) is 0 Å². The number of para-hydroxylation sites is 2. The molecule has 0 radical (unpaired) electrons. The number of allylic oxidation sites excluding steroid dienone is 2. The van der Waals surface area contributed by atoms with Crippen LogP contribution in [0.15, 0.2) is 189 Å². The molecule has 0 aliphatic carbocycles. The molecule has 0 saturated heterocycles. The first-order valence-electron chi connectivity index (χ1n) is 17.8. The van der Waals surface area contributed by atoms with E-state index in [9.17, 15) is 0 Å². The van der Waals surface area contributed by atoms with Gasteiger partial charge >= 0.3 is 0 Å². The lowest BCUT2D eigenvalue weighted by Crippen LogP contribution is -2.45. The number of hydrogen-bond acceptors (Lipinski definition) is 7. The summed E-state index contributed by atoms with van der Waals surface area (Å²) in [5, 5.41) is 9.81. The minimum absolute atomic E-state index is 0.538. The van der Waals surface area contributed by atoms with Crippen molar-refractivity contribution < 1.29 is 0 Å². The number of pyridine rings is 3. The zero-order valence-electron chi connectivity index (χ0n) is 29.0. The highest BCUT2D eigenvalue weighted by molar-refractivity contribution is 6.29. The third kappa shape index (κ3) is 5.26. The quantitative estimate of drug-likeness (QED) is 0.172. The molecule has 10 rings (SSSR count). The fraction of sp³-hybridized carbons (Fsp3) is 0. The van der Waals surface area contributed by atoms with Crippen LogP contribution in [0.4, 0.5) is 11.4 Å². The van der Waals surface area contributed by atoms with Gasteiger partial charge in [0.15, 0.2) is 5.82 Å². The van der Waals surface area contributed by atoms with Gasteiger partial charge in [0.05, 0.1) is 39.7 Å². The fourth-order valence-corrected chi connectivity index (χ4v) is 7.46. The second kappa shape index (κ2) is 13.2. The number of hydrazine groups is 1. The summed E-state index contributed by atoms with van der Waals surface area (Å²) in [5.74, 6) is 0.538. The van der Waals surface area contributed by atoms with Crippen LogP contribution in [0.2, 0.25) is 0 Å². The molecule has 7 heteroatoms. The molecule has 0 fully saturated rings. The number of anilines is 2. The first-order chi connectivity index (χ1) is 26.8. The molecule has 0 bridgehead atoms. The predicted octanol–water partition coefficient (Wildman–Crippen LogP) is 10.5. The number of fused-ring (bicyclic) bond motifs is 3. The lowest BCUT2D eigenvalue weighted by Gasteiger charge is -2.45. The maximum atomic E-state index is 5.44. The first kappa shape index (κ1) is 31.2. The maximum Gasteiger partial charge on any atom is 0.178 e. The zero-order valence-corrected chi connectivity index (χ0v) is 29.0. The Bertz CT molecular complexity index is 2880. The summed E-state index contributed by atoms with van der Waals surface area (Å²) >= 11 is 0. The largest absolute Gasteiger partial charge is 0.256 e. The molecule has 0 N–H and O–H groups in total. The summed E-state index contributed by atoms with van der Waals surface area (Å²) in [4.78, 5) is 25.6. The third-order valence-corrected chi connectivity index (χ3v) is 9.79. The molecular weight excluding hydrogens is 663 g/mol. The number of nitrogens with zero attached hydrogens (tertiary/aromatic N) is 7. The highest BCUT2D eigenvalue weighted by Crippen LogP contribution is 2.52. The van der Waals surface area contributed by atoms with E-state index >= 15 is 0 Å². The molecule has 254 valence electrons.